The van der Waals surface area contributed by atoms with Crippen molar-refractivity contribution in [2.24, 2.45) is 7.05 Å². The maximum absolute atomic E-state index is 13.9. The number of ether oxygens (including phenoxy) is 1. The van der Waals surface area contributed by atoms with E-state index < -0.39 is 5.82 Å². The fourth-order valence-electron chi connectivity index (χ4n) is 3.28. The van der Waals surface area contributed by atoms with Gasteiger partial charge in [-0.05, 0) is 31.2 Å². The highest BCUT2D eigenvalue weighted by Crippen LogP contribution is 2.19. The van der Waals surface area contributed by atoms with E-state index in [2.05, 4.69) is 9.88 Å². The van der Waals surface area contributed by atoms with Crippen LogP contribution in [0.4, 0.5) is 4.39 Å². The number of carbonyl (C=O) groups is 1. The fourth-order valence-corrected chi connectivity index (χ4v) is 3.28. The first-order valence-electron chi connectivity index (χ1n) is 8.90. The van der Waals surface area contributed by atoms with Crippen molar-refractivity contribution < 1.29 is 13.9 Å². The van der Waals surface area contributed by atoms with Crippen molar-refractivity contribution in [2.75, 3.05) is 39.8 Å². The average Bonchev–Trinajstić information content (AvgIpc) is 2.91. The zero-order valence-electron chi connectivity index (χ0n) is 15.3. The second-order valence-electron chi connectivity index (χ2n) is 6.54. The molecule has 0 atom stereocenters. The zero-order chi connectivity index (χ0) is 18.5. The molecule has 0 radical (unpaired) electrons. The van der Waals surface area contributed by atoms with Crippen LogP contribution in [-0.4, -0.2) is 65.1 Å². The second kappa shape index (κ2) is 8.31. The zero-order valence-corrected chi connectivity index (χ0v) is 15.3. The lowest BCUT2D eigenvalue weighted by atomic mass is 10.1. The number of rotatable bonds is 5. The van der Waals surface area contributed by atoms with Crippen LogP contribution in [0.25, 0.3) is 0 Å². The van der Waals surface area contributed by atoms with Crippen molar-refractivity contribution in [3.05, 3.63) is 47.8 Å². The van der Waals surface area contributed by atoms with Crippen LogP contribution in [0.15, 0.2) is 30.6 Å². The van der Waals surface area contributed by atoms with Gasteiger partial charge in [-0.15, -0.1) is 0 Å². The van der Waals surface area contributed by atoms with Gasteiger partial charge in [0.25, 0.3) is 5.91 Å². The second-order valence-corrected chi connectivity index (χ2v) is 6.54. The van der Waals surface area contributed by atoms with Crippen molar-refractivity contribution >= 4 is 5.91 Å². The summed E-state index contributed by atoms with van der Waals surface area (Å²) in [5.41, 5.74) is 0.366. The lowest BCUT2D eigenvalue weighted by Gasteiger charge is -2.22. The Morgan fingerprint density at radius 3 is 2.81 bits per heavy atom. The van der Waals surface area contributed by atoms with Gasteiger partial charge in [0, 0.05) is 57.6 Å². The molecule has 1 aliphatic heterocycles. The summed E-state index contributed by atoms with van der Waals surface area (Å²) in [7, 11) is 3.41. The Hall–Kier alpha value is -2.41. The molecule has 3 rings (SSSR count). The Morgan fingerprint density at radius 1 is 1.27 bits per heavy atom. The van der Waals surface area contributed by atoms with Crippen molar-refractivity contribution in [3.63, 3.8) is 0 Å². The van der Waals surface area contributed by atoms with Crippen LogP contribution in [-0.2, 0) is 13.5 Å². The van der Waals surface area contributed by atoms with Gasteiger partial charge in [0.15, 0.2) is 11.6 Å². The quantitative estimate of drug-likeness (QED) is 0.818. The molecule has 140 valence electrons. The molecule has 1 amide bonds. The number of amides is 1. The maximum Gasteiger partial charge on any atom is 0.254 e. The van der Waals surface area contributed by atoms with E-state index in [1.54, 1.807) is 6.07 Å². The Bertz CT molecular complexity index is 762. The smallest absolute Gasteiger partial charge is 0.254 e. The van der Waals surface area contributed by atoms with E-state index in [9.17, 15) is 9.18 Å². The largest absolute Gasteiger partial charge is 0.494 e. The first-order valence-corrected chi connectivity index (χ1v) is 8.90. The number of aryl methyl sites for hydroxylation is 1. The molecule has 1 aromatic heterocycles. The molecule has 0 bridgehead atoms. The highest BCUT2D eigenvalue weighted by Gasteiger charge is 2.21. The number of carbonyl (C=O) groups excluding carboxylic acids is 1. The van der Waals surface area contributed by atoms with Crippen LogP contribution in [0.5, 0.6) is 5.75 Å². The van der Waals surface area contributed by atoms with Crippen LogP contribution in [0.2, 0.25) is 0 Å². The molecule has 2 heterocycles. The van der Waals surface area contributed by atoms with E-state index in [-0.39, 0.29) is 11.7 Å². The molecular formula is C19H25FN4O2. The molecule has 1 aliphatic rings. The Morgan fingerprint density at radius 2 is 2.12 bits per heavy atom. The van der Waals surface area contributed by atoms with Gasteiger partial charge < -0.3 is 19.1 Å². The minimum atomic E-state index is -0.509. The number of nitrogens with zero attached hydrogens (tertiary/aromatic N) is 4. The van der Waals surface area contributed by atoms with Crippen LogP contribution in [0.3, 0.4) is 0 Å². The van der Waals surface area contributed by atoms with E-state index in [4.69, 9.17) is 4.74 Å². The summed E-state index contributed by atoms with van der Waals surface area (Å²) < 4.78 is 20.8. The number of methoxy groups -OCH3 is 1. The first kappa shape index (κ1) is 18.4. The van der Waals surface area contributed by atoms with E-state index in [0.29, 0.717) is 18.7 Å². The van der Waals surface area contributed by atoms with Crippen molar-refractivity contribution in [3.8, 4) is 5.75 Å². The van der Waals surface area contributed by atoms with Gasteiger partial charge in [-0.3, -0.25) is 4.79 Å². The Labute approximate surface area is 153 Å². The van der Waals surface area contributed by atoms with Crippen LogP contribution >= 0.6 is 0 Å². The number of aromatic nitrogens is 2. The summed E-state index contributed by atoms with van der Waals surface area (Å²) in [6.07, 6.45) is 5.56. The van der Waals surface area contributed by atoms with E-state index in [1.807, 2.05) is 28.9 Å². The molecule has 1 saturated heterocycles. The first-order chi connectivity index (χ1) is 12.6. The summed E-state index contributed by atoms with van der Waals surface area (Å²) in [6, 6.07) is 4.37. The predicted octanol–water partition coefficient (Wildman–Crippen LogP) is 1.96. The van der Waals surface area contributed by atoms with Gasteiger partial charge in [-0.1, -0.05) is 0 Å². The minimum absolute atomic E-state index is 0.127. The number of imidazole rings is 1. The van der Waals surface area contributed by atoms with Gasteiger partial charge in [-0.2, -0.15) is 0 Å². The lowest BCUT2D eigenvalue weighted by Crippen LogP contribution is -2.35. The van der Waals surface area contributed by atoms with Crippen LogP contribution in [0.1, 0.15) is 22.6 Å². The number of hydrogen-bond acceptors (Lipinski definition) is 4. The summed E-state index contributed by atoms with van der Waals surface area (Å²) in [5.74, 6) is 0.580. The third-order valence-electron chi connectivity index (χ3n) is 4.85. The van der Waals surface area contributed by atoms with Crippen LogP contribution in [0, 0.1) is 5.82 Å². The number of hydrogen-bond donors (Lipinski definition) is 0. The molecule has 0 aliphatic carbocycles. The third kappa shape index (κ3) is 4.22. The maximum atomic E-state index is 13.9. The topological polar surface area (TPSA) is 50.6 Å². The summed E-state index contributed by atoms with van der Waals surface area (Å²) >= 11 is 0. The van der Waals surface area contributed by atoms with Gasteiger partial charge in [0.1, 0.15) is 5.82 Å². The molecule has 0 unspecified atom stereocenters. The Balaban J connectivity index is 1.56. The molecular weight excluding hydrogens is 335 g/mol. The van der Waals surface area contributed by atoms with Crippen molar-refractivity contribution in [1.29, 1.82) is 0 Å². The number of benzene rings is 1. The summed E-state index contributed by atoms with van der Waals surface area (Å²) in [5, 5.41) is 0. The fraction of sp³-hybridized carbons (Fsp3) is 0.474. The Kier molecular flexibility index (Phi) is 5.88. The molecule has 0 N–H and O–H groups in total. The third-order valence-corrected chi connectivity index (χ3v) is 4.85. The highest BCUT2D eigenvalue weighted by molar-refractivity contribution is 5.94. The van der Waals surface area contributed by atoms with Crippen LogP contribution < -0.4 is 4.74 Å². The highest BCUT2D eigenvalue weighted by atomic mass is 19.1. The molecule has 0 saturated carbocycles. The van der Waals surface area contributed by atoms with Crippen molar-refractivity contribution in [2.45, 2.75) is 12.8 Å². The van der Waals surface area contributed by atoms with Gasteiger partial charge >= 0.3 is 0 Å². The lowest BCUT2D eigenvalue weighted by molar-refractivity contribution is 0.0761. The minimum Gasteiger partial charge on any atom is -0.494 e. The van der Waals surface area contributed by atoms with E-state index in [1.165, 1.54) is 19.2 Å². The molecule has 0 spiro atoms. The van der Waals surface area contributed by atoms with Crippen molar-refractivity contribution in [1.82, 2.24) is 19.4 Å². The molecule has 2 aromatic rings. The van der Waals surface area contributed by atoms with Gasteiger partial charge in [0.05, 0.1) is 7.11 Å². The molecule has 6 nitrogen and oxygen atoms in total. The van der Waals surface area contributed by atoms with Gasteiger partial charge in [0.2, 0.25) is 0 Å². The summed E-state index contributed by atoms with van der Waals surface area (Å²) in [6.45, 7) is 4.02. The molecule has 1 fully saturated rings. The molecule has 7 heteroatoms. The van der Waals surface area contributed by atoms with E-state index >= 15 is 0 Å². The predicted molar refractivity (Wildman–Crippen MR) is 96.8 cm³/mol. The average molecular weight is 360 g/mol. The molecule has 26 heavy (non-hydrogen) atoms. The van der Waals surface area contributed by atoms with E-state index in [0.717, 1.165) is 38.3 Å². The standard InChI is InChI=1S/C19H25FN4O2/c1-22-11-7-21-18(22)6-10-23-8-3-9-24(13-12-23)19(25)15-4-5-17(26-2)16(20)14-15/h4-5,7,11,14H,3,6,8-10,12-13H2,1-2H3. The SMILES string of the molecule is COc1ccc(C(=O)N2CCCN(CCc3nccn3C)CC2)cc1F. The monoisotopic (exact) mass is 360 g/mol. The summed E-state index contributed by atoms with van der Waals surface area (Å²) in [4.78, 5) is 21.2. The van der Waals surface area contributed by atoms with Gasteiger partial charge in [-0.25, -0.2) is 9.37 Å². The normalized spacial score (nSPS) is 15.7. The number of halogens is 1. The molecule has 1 aromatic carbocycles.